The molecule has 0 aliphatic carbocycles. The minimum atomic E-state index is 0.254. The van der Waals surface area contributed by atoms with E-state index in [0.29, 0.717) is 11.8 Å². The van der Waals surface area contributed by atoms with Gasteiger partial charge < -0.3 is 11.1 Å². The first-order chi connectivity index (χ1) is 11.0. The summed E-state index contributed by atoms with van der Waals surface area (Å²) in [7, 11) is 0. The van der Waals surface area contributed by atoms with Crippen LogP contribution in [0.1, 0.15) is 25.0 Å². The maximum Gasteiger partial charge on any atom is 0.225 e. The molecule has 0 fully saturated rings. The number of nitrogens with zero attached hydrogens (tertiary/aromatic N) is 2. The van der Waals surface area contributed by atoms with E-state index in [0.717, 1.165) is 27.9 Å². The number of hydrogen-bond donors (Lipinski definition) is 2. The predicted octanol–water partition coefficient (Wildman–Crippen LogP) is 4.28. The lowest BCUT2D eigenvalue weighted by Gasteiger charge is -2.12. The maximum atomic E-state index is 6.20. The van der Waals surface area contributed by atoms with Crippen LogP contribution in [0.2, 0.25) is 5.02 Å². The Morgan fingerprint density at radius 1 is 1.09 bits per heavy atom. The van der Waals surface area contributed by atoms with Crippen LogP contribution in [-0.4, -0.2) is 16.0 Å². The summed E-state index contributed by atoms with van der Waals surface area (Å²) in [6.07, 6.45) is 0.763. The molecule has 4 nitrogen and oxygen atoms in total. The summed E-state index contributed by atoms with van der Waals surface area (Å²) in [4.78, 5) is 8.96. The minimum Gasteiger partial charge on any atom is -0.383 e. The highest BCUT2D eigenvalue weighted by Gasteiger charge is 2.10. The van der Waals surface area contributed by atoms with Crippen LogP contribution in [0.4, 0.5) is 11.8 Å². The van der Waals surface area contributed by atoms with Crippen LogP contribution in [0, 0.1) is 0 Å². The van der Waals surface area contributed by atoms with Gasteiger partial charge in [-0.3, -0.25) is 0 Å². The smallest absolute Gasteiger partial charge is 0.225 e. The van der Waals surface area contributed by atoms with Crippen molar-refractivity contribution >= 4 is 34.3 Å². The number of halogens is 1. The van der Waals surface area contributed by atoms with Crippen molar-refractivity contribution in [3.63, 3.8) is 0 Å². The standard InChI is InChI=1S/C18H19ClN4/c1-11(2)21-18-22-15-5-3-4-13(16(15)17(20)23-18)10-12-6-8-14(19)9-7-12/h3-9,11H,10H2,1-2H3,(H3,20,21,22,23). The van der Waals surface area contributed by atoms with Crippen molar-refractivity contribution in [3.05, 3.63) is 58.6 Å². The van der Waals surface area contributed by atoms with E-state index in [1.165, 1.54) is 5.56 Å². The number of fused-ring (bicyclic) bond motifs is 1. The molecule has 1 aromatic heterocycles. The molecule has 3 rings (SSSR count). The van der Waals surface area contributed by atoms with Gasteiger partial charge in [0, 0.05) is 16.5 Å². The zero-order valence-electron chi connectivity index (χ0n) is 13.2. The van der Waals surface area contributed by atoms with E-state index in [1.807, 2.05) is 50.2 Å². The molecule has 0 spiro atoms. The molecule has 3 aromatic rings. The van der Waals surface area contributed by atoms with Gasteiger partial charge in [-0.2, -0.15) is 4.98 Å². The lowest BCUT2D eigenvalue weighted by molar-refractivity contribution is 0.878. The number of hydrogen-bond acceptors (Lipinski definition) is 4. The Morgan fingerprint density at radius 3 is 2.52 bits per heavy atom. The third kappa shape index (κ3) is 3.54. The third-order valence-corrected chi connectivity index (χ3v) is 3.82. The van der Waals surface area contributed by atoms with Crippen LogP contribution in [0.5, 0.6) is 0 Å². The van der Waals surface area contributed by atoms with Crippen LogP contribution in [-0.2, 0) is 6.42 Å². The summed E-state index contributed by atoms with van der Waals surface area (Å²) >= 11 is 5.95. The highest BCUT2D eigenvalue weighted by Crippen LogP contribution is 2.26. The number of anilines is 2. The fourth-order valence-corrected chi connectivity index (χ4v) is 2.70. The second-order valence-corrected chi connectivity index (χ2v) is 6.28. The molecule has 3 N–H and O–H groups in total. The number of benzene rings is 2. The van der Waals surface area contributed by atoms with Crippen molar-refractivity contribution in [3.8, 4) is 0 Å². The molecular formula is C18H19ClN4. The molecule has 0 atom stereocenters. The predicted molar refractivity (Wildman–Crippen MR) is 97.0 cm³/mol. The summed E-state index contributed by atoms with van der Waals surface area (Å²) in [6.45, 7) is 4.08. The van der Waals surface area contributed by atoms with Crippen LogP contribution in [0.15, 0.2) is 42.5 Å². The van der Waals surface area contributed by atoms with Crippen molar-refractivity contribution in [2.75, 3.05) is 11.1 Å². The summed E-state index contributed by atoms with van der Waals surface area (Å²) < 4.78 is 0. The molecule has 0 radical (unpaired) electrons. The molecule has 0 saturated heterocycles. The molecule has 0 unspecified atom stereocenters. The number of nitrogens with two attached hydrogens (primary N) is 1. The zero-order chi connectivity index (χ0) is 16.4. The van der Waals surface area contributed by atoms with Crippen LogP contribution < -0.4 is 11.1 Å². The van der Waals surface area contributed by atoms with Crippen LogP contribution in [0.25, 0.3) is 10.9 Å². The van der Waals surface area contributed by atoms with Gasteiger partial charge in [0.05, 0.1) is 5.52 Å². The molecule has 0 saturated carbocycles. The van der Waals surface area contributed by atoms with Crippen molar-refractivity contribution in [1.82, 2.24) is 9.97 Å². The van der Waals surface area contributed by atoms with E-state index >= 15 is 0 Å². The summed E-state index contributed by atoms with van der Waals surface area (Å²) in [5.41, 5.74) is 9.33. The second-order valence-electron chi connectivity index (χ2n) is 5.85. The second kappa shape index (κ2) is 6.42. The van der Waals surface area contributed by atoms with E-state index < -0.39 is 0 Å². The SMILES string of the molecule is CC(C)Nc1nc(N)c2c(Cc3ccc(Cl)cc3)cccc2n1. The molecule has 5 heteroatoms. The lowest BCUT2D eigenvalue weighted by Crippen LogP contribution is -2.13. The van der Waals surface area contributed by atoms with Gasteiger partial charge in [-0.15, -0.1) is 0 Å². The quantitative estimate of drug-likeness (QED) is 0.751. The van der Waals surface area contributed by atoms with Gasteiger partial charge in [0.25, 0.3) is 0 Å². The van der Waals surface area contributed by atoms with Gasteiger partial charge in [-0.05, 0) is 49.6 Å². The lowest BCUT2D eigenvalue weighted by atomic mass is 10.0. The van der Waals surface area contributed by atoms with Gasteiger partial charge in [-0.1, -0.05) is 35.9 Å². The normalized spacial score (nSPS) is 11.1. The molecule has 1 heterocycles. The van der Waals surface area contributed by atoms with E-state index in [2.05, 4.69) is 21.4 Å². The van der Waals surface area contributed by atoms with Gasteiger partial charge in [0.2, 0.25) is 5.95 Å². The molecule has 0 aliphatic heterocycles. The van der Waals surface area contributed by atoms with Crippen LogP contribution >= 0.6 is 11.6 Å². The van der Waals surface area contributed by atoms with E-state index in [-0.39, 0.29) is 6.04 Å². The number of rotatable bonds is 4. The summed E-state index contributed by atoms with van der Waals surface area (Å²) in [6, 6.07) is 14.1. The first kappa shape index (κ1) is 15.6. The van der Waals surface area contributed by atoms with Gasteiger partial charge in [-0.25, -0.2) is 4.98 Å². The van der Waals surface area contributed by atoms with Crippen LogP contribution in [0.3, 0.4) is 0 Å². The van der Waals surface area contributed by atoms with Gasteiger partial charge in [0.1, 0.15) is 5.82 Å². The monoisotopic (exact) mass is 326 g/mol. The zero-order valence-corrected chi connectivity index (χ0v) is 13.9. The average Bonchev–Trinajstić information content (AvgIpc) is 2.49. The third-order valence-electron chi connectivity index (χ3n) is 3.56. The van der Waals surface area contributed by atoms with Crippen molar-refractivity contribution in [2.24, 2.45) is 0 Å². The summed E-state index contributed by atoms with van der Waals surface area (Å²) in [5.74, 6) is 1.07. The maximum absolute atomic E-state index is 6.20. The topological polar surface area (TPSA) is 63.8 Å². The molecule has 23 heavy (non-hydrogen) atoms. The first-order valence-electron chi connectivity index (χ1n) is 7.59. The largest absolute Gasteiger partial charge is 0.383 e. The molecule has 0 amide bonds. The molecule has 0 bridgehead atoms. The molecular weight excluding hydrogens is 308 g/mol. The van der Waals surface area contributed by atoms with E-state index in [1.54, 1.807) is 0 Å². The Labute approximate surface area is 140 Å². The van der Waals surface area contributed by atoms with E-state index in [4.69, 9.17) is 17.3 Å². The number of nitrogen functional groups attached to an aromatic ring is 1. The van der Waals surface area contributed by atoms with E-state index in [9.17, 15) is 0 Å². The average molecular weight is 327 g/mol. The fraction of sp³-hybridized carbons (Fsp3) is 0.222. The minimum absolute atomic E-state index is 0.254. The highest BCUT2D eigenvalue weighted by molar-refractivity contribution is 6.30. The molecule has 0 aliphatic rings. The number of nitrogens with one attached hydrogen (secondary N) is 1. The fourth-order valence-electron chi connectivity index (χ4n) is 2.58. The Kier molecular flexibility index (Phi) is 4.35. The van der Waals surface area contributed by atoms with Gasteiger partial charge >= 0.3 is 0 Å². The van der Waals surface area contributed by atoms with Crippen molar-refractivity contribution < 1.29 is 0 Å². The Bertz CT molecular complexity index is 828. The Morgan fingerprint density at radius 2 is 1.83 bits per heavy atom. The summed E-state index contributed by atoms with van der Waals surface area (Å²) in [5, 5.41) is 4.84. The molecule has 118 valence electrons. The number of aromatic nitrogens is 2. The first-order valence-corrected chi connectivity index (χ1v) is 7.97. The van der Waals surface area contributed by atoms with Crippen molar-refractivity contribution in [2.45, 2.75) is 26.3 Å². The Balaban J connectivity index is 2.02. The van der Waals surface area contributed by atoms with Crippen molar-refractivity contribution in [1.29, 1.82) is 0 Å². The highest BCUT2D eigenvalue weighted by atomic mass is 35.5. The molecule has 2 aromatic carbocycles. The van der Waals surface area contributed by atoms with Gasteiger partial charge in [0.15, 0.2) is 0 Å². The Hall–Kier alpha value is -2.33.